The van der Waals surface area contributed by atoms with Gasteiger partial charge in [-0.05, 0) is 54.7 Å². The second-order valence-electron chi connectivity index (χ2n) is 5.32. The molecule has 0 radical (unpaired) electrons. The third-order valence-electron chi connectivity index (χ3n) is 3.48. The Morgan fingerprint density at radius 3 is 2.62 bits per heavy atom. The Hall–Kier alpha value is -0.300. The molecule has 0 amide bonds. The van der Waals surface area contributed by atoms with Crippen molar-refractivity contribution < 1.29 is 0 Å². The molecule has 1 aromatic carbocycles. The second-order valence-corrected chi connectivity index (χ2v) is 6.43. The van der Waals surface area contributed by atoms with Crippen molar-refractivity contribution in [2.45, 2.75) is 50.8 Å². The van der Waals surface area contributed by atoms with E-state index in [9.17, 15) is 0 Å². The van der Waals surface area contributed by atoms with Crippen molar-refractivity contribution in [3.8, 4) is 0 Å². The van der Waals surface area contributed by atoms with E-state index in [1.165, 1.54) is 37.7 Å². The molecule has 0 fully saturated rings. The van der Waals surface area contributed by atoms with Crippen LogP contribution in [-0.2, 0) is 12.8 Å². The zero-order valence-electron chi connectivity index (χ0n) is 10.3. The Morgan fingerprint density at radius 1 is 1.12 bits per heavy atom. The lowest BCUT2D eigenvalue weighted by Gasteiger charge is -2.13. The van der Waals surface area contributed by atoms with Crippen molar-refractivity contribution in [2.24, 2.45) is 5.92 Å². The molecule has 1 heteroatoms. The van der Waals surface area contributed by atoms with Gasteiger partial charge in [-0.15, -0.1) is 0 Å². The van der Waals surface area contributed by atoms with E-state index in [1.54, 1.807) is 11.1 Å². The van der Waals surface area contributed by atoms with Gasteiger partial charge in [-0.1, -0.05) is 48.0 Å². The molecule has 0 N–H and O–H groups in total. The van der Waals surface area contributed by atoms with E-state index in [1.807, 2.05) is 0 Å². The van der Waals surface area contributed by atoms with E-state index >= 15 is 0 Å². The third-order valence-corrected chi connectivity index (χ3v) is 4.47. The van der Waals surface area contributed by atoms with Gasteiger partial charge in [-0.2, -0.15) is 0 Å². The van der Waals surface area contributed by atoms with Crippen LogP contribution in [-0.4, -0.2) is 0 Å². The van der Waals surface area contributed by atoms with Gasteiger partial charge in [0.2, 0.25) is 0 Å². The summed E-state index contributed by atoms with van der Waals surface area (Å²) in [4.78, 5) is 0.542. The molecule has 0 saturated carbocycles. The zero-order chi connectivity index (χ0) is 11.5. The van der Waals surface area contributed by atoms with Crippen molar-refractivity contribution in [3.63, 3.8) is 0 Å². The van der Waals surface area contributed by atoms with Crippen LogP contribution in [0.2, 0.25) is 0 Å². The number of benzene rings is 1. The maximum Gasteiger partial charge on any atom is 0.0395 e. The van der Waals surface area contributed by atoms with E-state index in [0.717, 1.165) is 5.92 Å². The van der Waals surface area contributed by atoms with Gasteiger partial charge in [0, 0.05) is 4.83 Å². The Bertz CT molecular complexity index is 354. The van der Waals surface area contributed by atoms with Gasteiger partial charge in [0.15, 0.2) is 0 Å². The van der Waals surface area contributed by atoms with Crippen molar-refractivity contribution in [1.29, 1.82) is 0 Å². The number of hydrogen-bond donors (Lipinski definition) is 0. The van der Waals surface area contributed by atoms with E-state index in [2.05, 4.69) is 48.0 Å². The van der Waals surface area contributed by atoms with Crippen LogP contribution in [0.5, 0.6) is 0 Å². The Balaban J connectivity index is 2.03. The molecule has 2 rings (SSSR count). The topological polar surface area (TPSA) is 0 Å². The highest BCUT2D eigenvalue weighted by molar-refractivity contribution is 9.09. The van der Waals surface area contributed by atoms with Crippen molar-refractivity contribution in [1.82, 2.24) is 0 Å². The van der Waals surface area contributed by atoms with Gasteiger partial charge in [-0.25, -0.2) is 0 Å². The van der Waals surface area contributed by atoms with Gasteiger partial charge < -0.3 is 0 Å². The van der Waals surface area contributed by atoms with Crippen LogP contribution in [0.25, 0.3) is 0 Å². The predicted molar refractivity (Wildman–Crippen MR) is 74.2 cm³/mol. The maximum atomic E-state index is 3.82. The van der Waals surface area contributed by atoms with E-state index in [4.69, 9.17) is 0 Å². The van der Waals surface area contributed by atoms with Crippen LogP contribution in [0.3, 0.4) is 0 Å². The largest absolute Gasteiger partial charge is 0.0839 e. The zero-order valence-corrected chi connectivity index (χ0v) is 11.9. The van der Waals surface area contributed by atoms with Crippen LogP contribution in [0, 0.1) is 5.92 Å². The molecule has 1 atom stereocenters. The summed E-state index contributed by atoms with van der Waals surface area (Å²) in [6, 6.07) is 7.06. The van der Waals surface area contributed by atoms with Crippen molar-refractivity contribution >= 4 is 15.9 Å². The lowest BCUT2D eigenvalue weighted by molar-refractivity contribution is 0.554. The standard InChI is InChI=1S/C15H21Br/c1-11(2)6-9-15(16)14-8-7-12-4-3-5-13(12)10-14/h7-8,10-11,15H,3-6,9H2,1-2H3. The molecule has 0 aromatic heterocycles. The minimum atomic E-state index is 0.542. The monoisotopic (exact) mass is 280 g/mol. The Morgan fingerprint density at radius 2 is 1.88 bits per heavy atom. The van der Waals surface area contributed by atoms with E-state index in [-0.39, 0.29) is 0 Å². The summed E-state index contributed by atoms with van der Waals surface area (Å²) in [7, 11) is 0. The molecule has 0 nitrogen and oxygen atoms in total. The number of alkyl halides is 1. The van der Waals surface area contributed by atoms with Crippen LogP contribution in [0.15, 0.2) is 18.2 Å². The summed E-state index contributed by atoms with van der Waals surface area (Å²) in [6.45, 7) is 4.59. The summed E-state index contributed by atoms with van der Waals surface area (Å²) in [5.41, 5.74) is 4.64. The van der Waals surface area contributed by atoms with Crippen LogP contribution < -0.4 is 0 Å². The minimum absolute atomic E-state index is 0.542. The normalized spacial score (nSPS) is 16.5. The number of hydrogen-bond acceptors (Lipinski definition) is 0. The summed E-state index contributed by atoms with van der Waals surface area (Å²) >= 11 is 3.82. The molecule has 0 bridgehead atoms. The molecular formula is C15H21Br. The van der Waals surface area contributed by atoms with Gasteiger partial charge in [0.1, 0.15) is 0 Å². The first-order chi connectivity index (χ1) is 7.66. The number of fused-ring (bicyclic) bond motifs is 1. The lowest BCUT2D eigenvalue weighted by atomic mass is 9.99. The van der Waals surface area contributed by atoms with E-state index < -0.39 is 0 Å². The van der Waals surface area contributed by atoms with Crippen molar-refractivity contribution in [2.75, 3.05) is 0 Å². The highest BCUT2D eigenvalue weighted by atomic mass is 79.9. The quantitative estimate of drug-likeness (QED) is 0.678. The molecule has 16 heavy (non-hydrogen) atoms. The Labute approximate surface area is 108 Å². The van der Waals surface area contributed by atoms with Gasteiger partial charge in [0.05, 0.1) is 0 Å². The lowest BCUT2D eigenvalue weighted by Crippen LogP contribution is -1.95. The van der Waals surface area contributed by atoms with Crippen LogP contribution in [0.4, 0.5) is 0 Å². The first-order valence-corrected chi connectivity index (χ1v) is 7.34. The number of aryl methyl sites for hydroxylation is 2. The predicted octanol–water partition coefficient (Wildman–Crippen LogP) is 5.05. The average Bonchev–Trinajstić information content (AvgIpc) is 2.72. The smallest absolute Gasteiger partial charge is 0.0395 e. The SMILES string of the molecule is CC(C)CCC(Br)c1ccc2c(c1)CCC2. The number of halogens is 1. The molecule has 0 heterocycles. The molecular weight excluding hydrogens is 260 g/mol. The molecule has 1 aromatic rings. The third kappa shape index (κ3) is 2.88. The fourth-order valence-corrected chi connectivity index (χ4v) is 2.98. The van der Waals surface area contributed by atoms with Gasteiger partial charge in [-0.3, -0.25) is 0 Å². The molecule has 1 aliphatic carbocycles. The van der Waals surface area contributed by atoms with Crippen LogP contribution in [0.1, 0.15) is 54.6 Å². The highest BCUT2D eigenvalue weighted by Gasteiger charge is 2.14. The molecule has 88 valence electrons. The average molecular weight is 281 g/mol. The summed E-state index contributed by atoms with van der Waals surface area (Å²) in [6.07, 6.45) is 6.46. The molecule has 1 unspecified atom stereocenters. The second kappa shape index (κ2) is 5.35. The minimum Gasteiger partial charge on any atom is -0.0839 e. The first-order valence-electron chi connectivity index (χ1n) is 6.42. The van der Waals surface area contributed by atoms with Crippen LogP contribution >= 0.6 is 15.9 Å². The number of rotatable bonds is 4. The maximum absolute atomic E-state index is 3.82. The summed E-state index contributed by atoms with van der Waals surface area (Å²) in [5, 5.41) is 0. The molecule has 1 aliphatic rings. The first kappa shape index (κ1) is 12.2. The fraction of sp³-hybridized carbons (Fsp3) is 0.600. The highest BCUT2D eigenvalue weighted by Crippen LogP contribution is 2.32. The molecule has 0 spiro atoms. The summed E-state index contributed by atoms with van der Waals surface area (Å²) in [5.74, 6) is 0.800. The summed E-state index contributed by atoms with van der Waals surface area (Å²) < 4.78 is 0. The molecule has 0 aliphatic heterocycles. The van der Waals surface area contributed by atoms with Gasteiger partial charge in [0.25, 0.3) is 0 Å². The van der Waals surface area contributed by atoms with Crippen molar-refractivity contribution in [3.05, 3.63) is 34.9 Å². The molecule has 0 saturated heterocycles. The van der Waals surface area contributed by atoms with Gasteiger partial charge >= 0.3 is 0 Å². The van der Waals surface area contributed by atoms with E-state index in [0.29, 0.717) is 4.83 Å². The Kier molecular flexibility index (Phi) is 4.07. The fourth-order valence-electron chi connectivity index (χ4n) is 2.43.